The van der Waals surface area contributed by atoms with Crippen LogP contribution in [0.4, 0.5) is 0 Å². The second-order valence-corrected chi connectivity index (χ2v) is 6.41. The van der Waals surface area contributed by atoms with Gasteiger partial charge in [-0.3, -0.25) is 4.79 Å². The summed E-state index contributed by atoms with van der Waals surface area (Å²) in [4.78, 5) is 14.7. The first-order chi connectivity index (χ1) is 12.6. The van der Waals surface area contributed by atoms with E-state index in [0.717, 1.165) is 31.5 Å². The van der Waals surface area contributed by atoms with Crippen LogP contribution >= 0.6 is 0 Å². The smallest absolute Gasteiger partial charge is 0.261 e. The van der Waals surface area contributed by atoms with Crippen LogP contribution in [0.1, 0.15) is 36.6 Å². The number of hydrogen-bond donors (Lipinski definition) is 0. The van der Waals surface area contributed by atoms with E-state index in [-0.39, 0.29) is 18.6 Å². The summed E-state index contributed by atoms with van der Waals surface area (Å²) in [6.07, 6.45) is 5.09. The van der Waals surface area contributed by atoms with Crippen LogP contribution in [0.25, 0.3) is 0 Å². The van der Waals surface area contributed by atoms with Crippen LogP contribution < -0.4 is 9.47 Å². The molecule has 0 aliphatic carbocycles. The number of piperidine rings is 1. The minimum absolute atomic E-state index is 0.0395. The van der Waals surface area contributed by atoms with Crippen LogP contribution in [0, 0.1) is 11.3 Å². The maximum atomic E-state index is 12.8. The van der Waals surface area contributed by atoms with Crippen LogP contribution in [-0.2, 0) is 11.8 Å². The fourth-order valence-corrected chi connectivity index (χ4v) is 3.44. The van der Waals surface area contributed by atoms with Gasteiger partial charge < -0.3 is 18.9 Å². The highest BCUT2D eigenvalue weighted by Gasteiger charge is 2.29. The van der Waals surface area contributed by atoms with Gasteiger partial charge >= 0.3 is 0 Å². The summed E-state index contributed by atoms with van der Waals surface area (Å²) in [6.45, 7) is 0.686. The number of benzene rings is 1. The molecule has 6 heteroatoms. The van der Waals surface area contributed by atoms with Gasteiger partial charge in [0, 0.05) is 31.5 Å². The molecule has 1 aliphatic rings. The predicted molar refractivity (Wildman–Crippen MR) is 96.9 cm³/mol. The van der Waals surface area contributed by atoms with E-state index in [1.165, 1.54) is 7.11 Å². The fraction of sp³-hybridized carbons (Fsp3) is 0.400. The third-order valence-corrected chi connectivity index (χ3v) is 4.79. The number of aryl methyl sites for hydroxylation is 1. The highest BCUT2D eigenvalue weighted by atomic mass is 16.5. The van der Waals surface area contributed by atoms with E-state index in [9.17, 15) is 4.79 Å². The van der Waals surface area contributed by atoms with Gasteiger partial charge in [0.05, 0.1) is 24.8 Å². The van der Waals surface area contributed by atoms with Gasteiger partial charge in [0.15, 0.2) is 18.1 Å². The van der Waals surface area contributed by atoms with Gasteiger partial charge in [-0.15, -0.1) is 0 Å². The summed E-state index contributed by atoms with van der Waals surface area (Å²) < 4.78 is 13.0. The first-order valence-electron chi connectivity index (χ1n) is 8.75. The Morgan fingerprint density at radius 3 is 2.85 bits per heavy atom. The summed E-state index contributed by atoms with van der Waals surface area (Å²) in [5, 5.41) is 8.97. The number of rotatable bonds is 5. The maximum Gasteiger partial charge on any atom is 0.261 e. The number of nitriles is 1. The minimum Gasteiger partial charge on any atom is -0.493 e. The van der Waals surface area contributed by atoms with E-state index in [1.54, 1.807) is 18.2 Å². The molecule has 136 valence electrons. The number of hydrogen-bond acceptors (Lipinski definition) is 4. The van der Waals surface area contributed by atoms with Gasteiger partial charge in [0.25, 0.3) is 5.91 Å². The second-order valence-electron chi connectivity index (χ2n) is 6.41. The second kappa shape index (κ2) is 7.96. The predicted octanol–water partition coefficient (Wildman–Crippen LogP) is 3.04. The Balaban J connectivity index is 1.71. The molecule has 26 heavy (non-hydrogen) atoms. The molecule has 1 saturated heterocycles. The van der Waals surface area contributed by atoms with Crippen LogP contribution in [0.3, 0.4) is 0 Å². The van der Waals surface area contributed by atoms with E-state index in [4.69, 9.17) is 14.7 Å². The van der Waals surface area contributed by atoms with Crippen molar-refractivity contribution in [3.63, 3.8) is 0 Å². The number of carbonyl (C=O) groups is 1. The SMILES string of the molecule is COc1cc(C#N)ccc1OCC(=O)N1CCCC[C@H]1c1cccn1C. The van der Waals surface area contributed by atoms with E-state index in [0.29, 0.717) is 17.1 Å². The minimum atomic E-state index is -0.0524. The lowest BCUT2D eigenvalue weighted by Crippen LogP contribution is -2.41. The van der Waals surface area contributed by atoms with Crippen molar-refractivity contribution in [3.05, 3.63) is 47.8 Å². The molecule has 1 atom stereocenters. The molecule has 1 amide bonds. The third kappa shape index (κ3) is 3.67. The van der Waals surface area contributed by atoms with Crippen LogP contribution in [0.15, 0.2) is 36.5 Å². The highest BCUT2D eigenvalue weighted by molar-refractivity contribution is 5.78. The lowest BCUT2D eigenvalue weighted by atomic mass is 9.99. The van der Waals surface area contributed by atoms with Crippen LogP contribution in [0.5, 0.6) is 11.5 Å². The number of amides is 1. The molecular weight excluding hydrogens is 330 g/mol. The zero-order valence-corrected chi connectivity index (χ0v) is 15.1. The van der Waals surface area contributed by atoms with Gasteiger partial charge in [0.1, 0.15) is 0 Å². The van der Waals surface area contributed by atoms with E-state index < -0.39 is 0 Å². The third-order valence-electron chi connectivity index (χ3n) is 4.79. The number of nitrogens with zero attached hydrogens (tertiary/aromatic N) is 3. The average Bonchev–Trinajstić information content (AvgIpc) is 3.11. The van der Waals surface area contributed by atoms with E-state index in [1.807, 2.05) is 24.2 Å². The lowest BCUT2D eigenvalue weighted by Gasteiger charge is -2.36. The summed E-state index contributed by atoms with van der Waals surface area (Å²) >= 11 is 0. The molecule has 3 rings (SSSR count). The first kappa shape index (κ1) is 17.9. The molecule has 0 bridgehead atoms. The maximum absolute atomic E-state index is 12.8. The zero-order chi connectivity index (χ0) is 18.5. The molecule has 0 spiro atoms. The van der Waals surface area contributed by atoms with Crippen LogP contribution in [-0.4, -0.2) is 35.6 Å². The Hall–Kier alpha value is -2.94. The van der Waals surface area contributed by atoms with E-state index >= 15 is 0 Å². The number of methoxy groups -OCH3 is 1. The molecule has 1 fully saturated rings. The number of aromatic nitrogens is 1. The Morgan fingerprint density at radius 1 is 1.31 bits per heavy atom. The molecule has 0 saturated carbocycles. The topological polar surface area (TPSA) is 67.5 Å². The van der Waals surface area contributed by atoms with Crippen molar-refractivity contribution in [1.29, 1.82) is 5.26 Å². The summed E-state index contributed by atoms with van der Waals surface area (Å²) in [7, 11) is 3.52. The number of likely N-dealkylation sites (tertiary alicyclic amines) is 1. The largest absolute Gasteiger partial charge is 0.493 e. The zero-order valence-electron chi connectivity index (χ0n) is 15.1. The first-order valence-corrected chi connectivity index (χ1v) is 8.75. The van der Waals surface area contributed by atoms with Crippen LogP contribution in [0.2, 0.25) is 0 Å². The Morgan fingerprint density at radius 2 is 2.15 bits per heavy atom. The van der Waals surface area contributed by atoms with Crippen molar-refractivity contribution in [1.82, 2.24) is 9.47 Å². The molecular formula is C20H23N3O3. The van der Waals surface area contributed by atoms with Crippen molar-refractivity contribution in [2.24, 2.45) is 7.05 Å². The molecule has 1 aromatic heterocycles. The normalized spacial score (nSPS) is 16.8. The Bertz CT molecular complexity index is 822. The van der Waals surface area contributed by atoms with Gasteiger partial charge in [-0.2, -0.15) is 5.26 Å². The fourth-order valence-electron chi connectivity index (χ4n) is 3.44. The van der Waals surface area contributed by atoms with Crippen molar-refractivity contribution in [3.8, 4) is 17.6 Å². The van der Waals surface area contributed by atoms with Gasteiger partial charge in [-0.1, -0.05) is 0 Å². The average molecular weight is 353 g/mol. The molecule has 6 nitrogen and oxygen atoms in total. The molecule has 2 aromatic rings. The molecule has 1 aliphatic heterocycles. The molecule has 2 heterocycles. The molecule has 1 aromatic carbocycles. The monoisotopic (exact) mass is 353 g/mol. The summed E-state index contributed by atoms with van der Waals surface area (Å²) in [5.41, 5.74) is 1.63. The van der Waals surface area contributed by atoms with Crippen molar-refractivity contribution < 1.29 is 14.3 Å². The Kier molecular flexibility index (Phi) is 5.47. The molecule has 0 N–H and O–H groups in total. The van der Waals surface area contributed by atoms with Gasteiger partial charge in [-0.25, -0.2) is 0 Å². The van der Waals surface area contributed by atoms with Crippen molar-refractivity contribution in [2.45, 2.75) is 25.3 Å². The lowest BCUT2D eigenvalue weighted by molar-refractivity contribution is -0.137. The van der Waals surface area contributed by atoms with E-state index in [2.05, 4.69) is 16.7 Å². The van der Waals surface area contributed by atoms with Crippen molar-refractivity contribution >= 4 is 5.91 Å². The number of carbonyl (C=O) groups excluding carboxylic acids is 1. The summed E-state index contributed by atoms with van der Waals surface area (Å²) in [6, 6.07) is 11.1. The van der Waals surface area contributed by atoms with Gasteiger partial charge in [0.2, 0.25) is 0 Å². The van der Waals surface area contributed by atoms with Gasteiger partial charge in [-0.05, 0) is 43.5 Å². The summed E-state index contributed by atoms with van der Waals surface area (Å²) in [5.74, 6) is 0.879. The molecule has 0 radical (unpaired) electrons. The highest BCUT2D eigenvalue weighted by Crippen LogP contribution is 2.32. The molecule has 0 unspecified atom stereocenters. The standard InChI is InChI=1S/C20H23N3O3/c1-22-10-5-7-16(22)17-6-3-4-11-23(17)20(24)14-26-18-9-8-15(13-21)12-19(18)25-2/h5,7-10,12,17H,3-4,6,11,14H2,1-2H3/t17-/m0/s1. The van der Waals surface area contributed by atoms with Crippen molar-refractivity contribution in [2.75, 3.05) is 20.3 Å². The number of ether oxygens (including phenoxy) is 2. The Labute approximate surface area is 153 Å². The quantitative estimate of drug-likeness (QED) is 0.829.